The van der Waals surface area contributed by atoms with Gasteiger partial charge < -0.3 is 14.8 Å². The summed E-state index contributed by atoms with van der Waals surface area (Å²) in [5.41, 5.74) is 4.90. The Balaban J connectivity index is 1.32. The summed E-state index contributed by atoms with van der Waals surface area (Å²) in [6, 6.07) is 16.7. The molecule has 1 N–H and O–H groups in total. The van der Waals surface area contributed by atoms with Crippen LogP contribution in [-0.2, 0) is 9.53 Å². The molecule has 1 saturated carbocycles. The molecule has 0 aromatic heterocycles. The predicted octanol–water partition coefficient (Wildman–Crippen LogP) is 4.53. The number of hydrogen-bond donors (Lipinski definition) is 1. The molecule has 0 atom stereocenters. The number of rotatable bonds is 5. The first-order valence-corrected chi connectivity index (χ1v) is 9.80. The number of alkyl carbamates (subject to hydrolysis) is 1. The number of benzene rings is 2. The van der Waals surface area contributed by atoms with Crippen molar-refractivity contribution in [1.82, 2.24) is 5.32 Å². The average Bonchev–Trinajstić information content (AvgIpc) is 3.05. The van der Waals surface area contributed by atoms with E-state index in [2.05, 4.69) is 29.6 Å². The van der Waals surface area contributed by atoms with Gasteiger partial charge in [0.05, 0.1) is 0 Å². The summed E-state index contributed by atoms with van der Waals surface area (Å²) >= 11 is 0. The van der Waals surface area contributed by atoms with Crippen molar-refractivity contribution in [3.8, 4) is 11.1 Å². The third kappa shape index (κ3) is 3.75. The molecule has 140 valence electrons. The fraction of sp³-hybridized carbons (Fsp3) is 0.391. The summed E-state index contributed by atoms with van der Waals surface area (Å²) in [7, 11) is 0. The van der Waals surface area contributed by atoms with Gasteiger partial charge in [0.25, 0.3) is 0 Å². The fourth-order valence-electron chi connectivity index (χ4n) is 4.41. The smallest absolute Gasteiger partial charge is 0.407 e. The lowest BCUT2D eigenvalue weighted by Crippen LogP contribution is -2.32. The number of carbonyl (C=O) groups excluding carboxylic acids is 2. The molecule has 27 heavy (non-hydrogen) atoms. The highest BCUT2D eigenvalue weighted by Gasteiger charge is 2.29. The number of fused-ring (bicyclic) bond motifs is 3. The van der Waals surface area contributed by atoms with Gasteiger partial charge >= 0.3 is 6.09 Å². The van der Waals surface area contributed by atoms with Crippen LogP contribution in [0, 0.1) is 11.8 Å². The zero-order chi connectivity index (χ0) is 18.6. The van der Waals surface area contributed by atoms with Gasteiger partial charge in [-0.05, 0) is 53.9 Å². The maximum Gasteiger partial charge on any atom is 0.407 e. The minimum atomic E-state index is -0.352. The van der Waals surface area contributed by atoms with Crippen molar-refractivity contribution in [1.29, 1.82) is 0 Å². The molecule has 1 fully saturated rings. The van der Waals surface area contributed by atoms with E-state index < -0.39 is 0 Å². The van der Waals surface area contributed by atoms with Crippen molar-refractivity contribution >= 4 is 12.4 Å². The van der Waals surface area contributed by atoms with Crippen molar-refractivity contribution in [3.63, 3.8) is 0 Å². The van der Waals surface area contributed by atoms with Crippen molar-refractivity contribution in [2.75, 3.05) is 13.2 Å². The Morgan fingerprint density at radius 1 is 0.963 bits per heavy atom. The number of aldehydes is 1. The molecule has 0 saturated heterocycles. The molecule has 2 aliphatic carbocycles. The molecule has 0 heterocycles. The van der Waals surface area contributed by atoms with Crippen LogP contribution in [0.5, 0.6) is 0 Å². The van der Waals surface area contributed by atoms with Crippen molar-refractivity contribution < 1.29 is 14.3 Å². The number of hydrogen-bond acceptors (Lipinski definition) is 3. The molecule has 0 bridgehead atoms. The van der Waals surface area contributed by atoms with E-state index in [1.165, 1.54) is 22.3 Å². The average molecular weight is 363 g/mol. The van der Waals surface area contributed by atoms with Gasteiger partial charge in [0.15, 0.2) is 0 Å². The Hall–Kier alpha value is -2.62. The molecule has 2 aromatic rings. The maximum absolute atomic E-state index is 12.2. The van der Waals surface area contributed by atoms with E-state index in [9.17, 15) is 9.59 Å². The summed E-state index contributed by atoms with van der Waals surface area (Å²) in [6.45, 7) is 0.972. The maximum atomic E-state index is 12.2. The van der Waals surface area contributed by atoms with E-state index in [-0.39, 0.29) is 17.9 Å². The molecule has 0 radical (unpaired) electrons. The van der Waals surface area contributed by atoms with E-state index in [0.717, 1.165) is 32.0 Å². The lowest BCUT2D eigenvalue weighted by atomic mass is 9.83. The predicted molar refractivity (Wildman–Crippen MR) is 105 cm³/mol. The molecule has 2 aromatic carbocycles. The van der Waals surface area contributed by atoms with Gasteiger partial charge in [-0.15, -0.1) is 0 Å². The lowest BCUT2D eigenvalue weighted by molar-refractivity contribution is -0.112. The summed E-state index contributed by atoms with van der Waals surface area (Å²) in [5.74, 6) is 0.739. The second kappa shape index (κ2) is 7.95. The van der Waals surface area contributed by atoms with E-state index in [1.807, 2.05) is 24.3 Å². The van der Waals surface area contributed by atoms with E-state index >= 15 is 0 Å². The number of ether oxygens (including phenoxy) is 1. The lowest BCUT2D eigenvalue weighted by Gasteiger charge is -2.25. The van der Waals surface area contributed by atoms with Crippen molar-refractivity contribution in [3.05, 3.63) is 59.7 Å². The standard InChI is InChI=1S/C23H25NO3/c25-14-17-11-9-16(10-12-17)13-24-23(26)27-15-22-20-7-3-1-5-18(20)19-6-2-4-8-21(19)22/h1-8,14,16-17,22H,9-13,15H2,(H,24,26). The minimum absolute atomic E-state index is 0.0891. The molecule has 0 unspecified atom stereocenters. The topological polar surface area (TPSA) is 55.4 Å². The zero-order valence-electron chi connectivity index (χ0n) is 15.4. The van der Waals surface area contributed by atoms with Crippen LogP contribution in [0.2, 0.25) is 0 Å². The first-order chi connectivity index (χ1) is 13.3. The monoisotopic (exact) mass is 363 g/mol. The first kappa shape index (κ1) is 17.8. The quantitative estimate of drug-likeness (QED) is 0.794. The van der Waals surface area contributed by atoms with Crippen LogP contribution in [0.25, 0.3) is 11.1 Å². The van der Waals surface area contributed by atoms with Gasteiger partial charge in [-0.3, -0.25) is 0 Å². The highest BCUT2D eigenvalue weighted by Crippen LogP contribution is 2.44. The zero-order valence-corrected chi connectivity index (χ0v) is 15.4. The number of carbonyl (C=O) groups is 2. The minimum Gasteiger partial charge on any atom is -0.449 e. The number of amides is 1. The van der Waals surface area contributed by atoms with Crippen molar-refractivity contribution in [2.24, 2.45) is 11.8 Å². The summed E-state index contributed by atoms with van der Waals surface area (Å²) in [5, 5.41) is 2.91. The molecular formula is C23H25NO3. The van der Waals surface area contributed by atoms with E-state index in [4.69, 9.17) is 4.74 Å². The molecule has 4 nitrogen and oxygen atoms in total. The van der Waals surface area contributed by atoms with Crippen LogP contribution >= 0.6 is 0 Å². The summed E-state index contributed by atoms with van der Waals surface area (Å²) in [6.07, 6.45) is 4.56. The molecule has 1 amide bonds. The van der Waals surface area contributed by atoms with Crippen LogP contribution in [0.15, 0.2) is 48.5 Å². The third-order valence-electron chi connectivity index (χ3n) is 5.96. The molecule has 0 spiro atoms. The van der Waals surface area contributed by atoms with Gasteiger partial charge in [0.2, 0.25) is 0 Å². The van der Waals surface area contributed by atoms with Gasteiger partial charge in [-0.1, -0.05) is 48.5 Å². The van der Waals surface area contributed by atoms with Gasteiger partial charge in [-0.2, -0.15) is 0 Å². The summed E-state index contributed by atoms with van der Waals surface area (Å²) < 4.78 is 5.57. The number of nitrogens with one attached hydrogen (secondary N) is 1. The van der Waals surface area contributed by atoms with Crippen LogP contribution < -0.4 is 5.32 Å². The van der Waals surface area contributed by atoms with Gasteiger partial charge in [0.1, 0.15) is 12.9 Å². The normalized spacial score (nSPS) is 21.2. The van der Waals surface area contributed by atoms with E-state index in [0.29, 0.717) is 19.1 Å². The Morgan fingerprint density at radius 2 is 1.56 bits per heavy atom. The van der Waals surface area contributed by atoms with Crippen LogP contribution in [0.4, 0.5) is 4.79 Å². The van der Waals surface area contributed by atoms with E-state index in [1.54, 1.807) is 0 Å². The Bertz CT molecular complexity index is 778. The molecular weight excluding hydrogens is 338 g/mol. The second-order valence-corrected chi connectivity index (χ2v) is 7.62. The van der Waals surface area contributed by atoms with Gasteiger partial charge in [0, 0.05) is 18.4 Å². The Labute approximate surface area is 159 Å². The first-order valence-electron chi connectivity index (χ1n) is 9.80. The molecule has 2 aliphatic rings. The fourth-order valence-corrected chi connectivity index (χ4v) is 4.41. The molecule has 4 heteroatoms. The molecule has 0 aliphatic heterocycles. The highest BCUT2D eigenvalue weighted by molar-refractivity contribution is 5.79. The largest absolute Gasteiger partial charge is 0.449 e. The van der Waals surface area contributed by atoms with Gasteiger partial charge in [-0.25, -0.2) is 4.79 Å². The van der Waals surface area contributed by atoms with Crippen molar-refractivity contribution in [2.45, 2.75) is 31.6 Å². The SMILES string of the molecule is O=CC1CCC(CNC(=O)OCC2c3ccccc3-c3ccccc32)CC1. The molecule has 4 rings (SSSR count). The second-order valence-electron chi connectivity index (χ2n) is 7.62. The highest BCUT2D eigenvalue weighted by atomic mass is 16.5. The Kier molecular flexibility index (Phi) is 5.23. The summed E-state index contributed by atoms with van der Waals surface area (Å²) in [4.78, 5) is 23.0. The van der Waals surface area contributed by atoms with Crippen LogP contribution in [-0.4, -0.2) is 25.5 Å². The van der Waals surface area contributed by atoms with Crippen LogP contribution in [0.1, 0.15) is 42.7 Å². The Morgan fingerprint density at radius 3 is 2.15 bits per heavy atom. The van der Waals surface area contributed by atoms with Crippen LogP contribution in [0.3, 0.4) is 0 Å². The third-order valence-corrected chi connectivity index (χ3v) is 5.96.